The lowest BCUT2D eigenvalue weighted by Crippen LogP contribution is -2.37. The molecule has 0 atom stereocenters. The number of benzene rings is 1. The molecule has 0 spiro atoms. The summed E-state index contributed by atoms with van der Waals surface area (Å²) in [7, 11) is 0. The largest absolute Gasteiger partial charge is 0.354 e. The maximum absolute atomic E-state index is 12.2. The van der Waals surface area contributed by atoms with Crippen LogP contribution in [0.15, 0.2) is 24.5 Å². The van der Waals surface area contributed by atoms with E-state index < -0.39 is 0 Å². The first-order valence-electron chi connectivity index (χ1n) is 8.31. The van der Waals surface area contributed by atoms with Crippen LogP contribution in [-0.4, -0.2) is 47.0 Å². The van der Waals surface area contributed by atoms with Gasteiger partial charge in [0.05, 0.1) is 5.52 Å². The summed E-state index contributed by atoms with van der Waals surface area (Å²) < 4.78 is 0. The predicted octanol–water partition coefficient (Wildman–Crippen LogP) is 2.63. The van der Waals surface area contributed by atoms with Gasteiger partial charge in [0, 0.05) is 37.5 Å². The molecule has 1 aliphatic rings. The number of hydrogen-bond acceptors (Lipinski definition) is 4. The summed E-state index contributed by atoms with van der Waals surface area (Å²) in [6, 6.07) is 6.26. The second-order valence-corrected chi connectivity index (χ2v) is 6.54. The van der Waals surface area contributed by atoms with Gasteiger partial charge in [-0.1, -0.05) is 25.5 Å². The Hall–Kier alpha value is -2.17. The first-order valence-corrected chi connectivity index (χ1v) is 8.31. The number of carbonyl (C=O) groups excluding carboxylic acids is 1. The molecule has 23 heavy (non-hydrogen) atoms. The Kier molecular flexibility index (Phi) is 4.46. The molecular formula is C18H24N4O. The van der Waals surface area contributed by atoms with Crippen molar-refractivity contribution in [1.82, 2.24) is 14.9 Å². The van der Waals surface area contributed by atoms with Crippen LogP contribution in [0.2, 0.25) is 0 Å². The van der Waals surface area contributed by atoms with Gasteiger partial charge in [0.2, 0.25) is 5.91 Å². The molecule has 0 aliphatic carbocycles. The summed E-state index contributed by atoms with van der Waals surface area (Å²) in [5.74, 6) is 1.29. The highest BCUT2D eigenvalue weighted by molar-refractivity contribution is 5.89. The van der Waals surface area contributed by atoms with Crippen molar-refractivity contribution in [2.45, 2.75) is 27.2 Å². The van der Waals surface area contributed by atoms with E-state index in [0.29, 0.717) is 0 Å². The average molecular weight is 312 g/mol. The Morgan fingerprint density at radius 3 is 2.74 bits per heavy atom. The van der Waals surface area contributed by atoms with E-state index in [1.807, 2.05) is 24.8 Å². The molecule has 0 saturated carbocycles. The molecule has 0 unspecified atom stereocenters. The Labute approximate surface area is 137 Å². The molecule has 5 heteroatoms. The van der Waals surface area contributed by atoms with Crippen molar-refractivity contribution in [1.29, 1.82) is 0 Å². The van der Waals surface area contributed by atoms with Crippen LogP contribution >= 0.6 is 0 Å². The summed E-state index contributed by atoms with van der Waals surface area (Å²) in [6.45, 7) is 9.34. The normalized spacial score (nSPS) is 16.0. The number of aromatic nitrogens is 2. The van der Waals surface area contributed by atoms with E-state index >= 15 is 0 Å². The number of rotatable bonds is 2. The molecule has 1 fully saturated rings. The van der Waals surface area contributed by atoms with Gasteiger partial charge in [0.1, 0.15) is 12.1 Å². The van der Waals surface area contributed by atoms with E-state index in [2.05, 4.69) is 33.9 Å². The Bertz CT molecular complexity index is 713. The topological polar surface area (TPSA) is 49.3 Å². The fourth-order valence-corrected chi connectivity index (χ4v) is 3.12. The maximum Gasteiger partial charge on any atom is 0.225 e. The van der Waals surface area contributed by atoms with Gasteiger partial charge in [-0.3, -0.25) is 4.79 Å². The smallest absolute Gasteiger partial charge is 0.225 e. The number of aryl methyl sites for hydroxylation is 1. The SMILES string of the molecule is Cc1ccc2ncnc(N3CCCN(C(=O)C(C)C)CC3)c2c1. The second kappa shape index (κ2) is 6.52. The van der Waals surface area contributed by atoms with E-state index in [1.54, 1.807) is 6.33 Å². The molecule has 5 nitrogen and oxygen atoms in total. The highest BCUT2D eigenvalue weighted by Gasteiger charge is 2.22. The molecule has 1 aromatic heterocycles. The summed E-state index contributed by atoms with van der Waals surface area (Å²) in [5, 5.41) is 1.09. The monoisotopic (exact) mass is 312 g/mol. The van der Waals surface area contributed by atoms with Crippen molar-refractivity contribution in [3.8, 4) is 0 Å². The molecule has 3 rings (SSSR count). The molecule has 1 aromatic carbocycles. The van der Waals surface area contributed by atoms with Gasteiger partial charge >= 0.3 is 0 Å². The first-order chi connectivity index (χ1) is 11.1. The van der Waals surface area contributed by atoms with Crippen LogP contribution < -0.4 is 4.90 Å². The van der Waals surface area contributed by atoms with Crippen LogP contribution in [0, 0.1) is 12.8 Å². The number of nitrogens with zero attached hydrogens (tertiary/aromatic N) is 4. The molecule has 0 bridgehead atoms. The van der Waals surface area contributed by atoms with E-state index in [1.165, 1.54) is 5.56 Å². The number of amides is 1. The lowest BCUT2D eigenvalue weighted by Gasteiger charge is -2.24. The van der Waals surface area contributed by atoms with E-state index in [-0.39, 0.29) is 11.8 Å². The van der Waals surface area contributed by atoms with Crippen molar-refractivity contribution < 1.29 is 4.79 Å². The van der Waals surface area contributed by atoms with Crippen molar-refractivity contribution in [3.05, 3.63) is 30.1 Å². The van der Waals surface area contributed by atoms with Gasteiger partial charge in [-0.25, -0.2) is 9.97 Å². The van der Waals surface area contributed by atoms with Gasteiger partial charge in [0.25, 0.3) is 0 Å². The van der Waals surface area contributed by atoms with Crippen LogP contribution in [0.3, 0.4) is 0 Å². The fourth-order valence-electron chi connectivity index (χ4n) is 3.12. The summed E-state index contributed by atoms with van der Waals surface area (Å²) >= 11 is 0. The van der Waals surface area contributed by atoms with Gasteiger partial charge in [-0.05, 0) is 25.5 Å². The minimum Gasteiger partial charge on any atom is -0.354 e. The lowest BCUT2D eigenvalue weighted by atomic mass is 10.1. The number of fused-ring (bicyclic) bond motifs is 1. The minimum absolute atomic E-state index is 0.0593. The van der Waals surface area contributed by atoms with Crippen LogP contribution in [0.25, 0.3) is 10.9 Å². The fraction of sp³-hybridized carbons (Fsp3) is 0.500. The summed E-state index contributed by atoms with van der Waals surface area (Å²) in [5.41, 5.74) is 2.18. The molecule has 2 aromatic rings. The highest BCUT2D eigenvalue weighted by atomic mass is 16.2. The Balaban J connectivity index is 1.85. The lowest BCUT2D eigenvalue weighted by molar-refractivity contribution is -0.134. The summed E-state index contributed by atoms with van der Waals surface area (Å²) in [6.07, 6.45) is 2.60. The molecule has 0 N–H and O–H groups in total. The first kappa shape index (κ1) is 15.7. The summed E-state index contributed by atoms with van der Waals surface area (Å²) in [4.78, 5) is 25.4. The van der Waals surface area contributed by atoms with Gasteiger partial charge in [-0.15, -0.1) is 0 Å². The van der Waals surface area contributed by atoms with Crippen LogP contribution in [0.4, 0.5) is 5.82 Å². The van der Waals surface area contributed by atoms with Crippen LogP contribution in [0.5, 0.6) is 0 Å². The van der Waals surface area contributed by atoms with Gasteiger partial charge < -0.3 is 9.80 Å². The molecule has 1 aliphatic heterocycles. The Morgan fingerprint density at radius 2 is 1.96 bits per heavy atom. The van der Waals surface area contributed by atoms with Crippen molar-refractivity contribution >= 4 is 22.6 Å². The zero-order chi connectivity index (χ0) is 16.4. The van der Waals surface area contributed by atoms with E-state index in [0.717, 1.165) is 49.3 Å². The van der Waals surface area contributed by atoms with Crippen LogP contribution in [-0.2, 0) is 4.79 Å². The molecule has 0 radical (unpaired) electrons. The van der Waals surface area contributed by atoms with Crippen molar-refractivity contribution in [3.63, 3.8) is 0 Å². The standard InChI is InChI=1S/C18H24N4O/c1-13(2)18(23)22-8-4-7-21(9-10-22)17-15-11-14(3)5-6-16(15)19-12-20-17/h5-6,11-13H,4,7-10H2,1-3H3. The molecule has 2 heterocycles. The van der Waals surface area contributed by atoms with Crippen molar-refractivity contribution in [2.75, 3.05) is 31.1 Å². The Morgan fingerprint density at radius 1 is 1.13 bits per heavy atom. The predicted molar refractivity (Wildman–Crippen MR) is 92.5 cm³/mol. The zero-order valence-corrected chi connectivity index (χ0v) is 14.1. The average Bonchev–Trinajstić information content (AvgIpc) is 2.79. The molecule has 1 saturated heterocycles. The molecule has 1 amide bonds. The minimum atomic E-state index is 0.0593. The quantitative estimate of drug-likeness (QED) is 0.855. The van der Waals surface area contributed by atoms with E-state index in [9.17, 15) is 4.79 Å². The third-order valence-corrected chi connectivity index (χ3v) is 4.37. The zero-order valence-electron chi connectivity index (χ0n) is 14.1. The maximum atomic E-state index is 12.2. The van der Waals surface area contributed by atoms with Crippen molar-refractivity contribution in [2.24, 2.45) is 5.92 Å². The highest BCUT2D eigenvalue weighted by Crippen LogP contribution is 2.25. The second-order valence-electron chi connectivity index (χ2n) is 6.54. The molecular weight excluding hydrogens is 288 g/mol. The number of anilines is 1. The molecule has 122 valence electrons. The number of hydrogen-bond donors (Lipinski definition) is 0. The third kappa shape index (κ3) is 3.28. The van der Waals surface area contributed by atoms with Gasteiger partial charge in [-0.2, -0.15) is 0 Å². The van der Waals surface area contributed by atoms with E-state index in [4.69, 9.17) is 0 Å². The third-order valence-electron chi connectivity index (χ3n) is 4.37. The van der Waals surface area contributed by atoms with Crippen LogP contribution in [0.1, 0.15) is 25.8 Å². The van der Waals surface area contributed by atoms with Gasteiger partial charge in [0.15, 0.2) is 0 Å². The number of carbonyl (C=O) groups is 1.